The fourth-order valence-corrected chi connectivity index (χ4v) is 2.22. The summed E-state index contributed by atoms with van der Waals surface area (Å²) in [5, 5.41) is 6.13. The number of halogens is 1. The van der Waals surface area contributed by atoms with Gasteiger partial charge in [0.2, 0.25) is 0 Å². The molecule has 0 saturated carbocycles. The molecule has 100 valence electrons. The summed E-state index contributed by atoms with van der Waals surface area (Å²) in [6.45, 7) is 0.311. The summed E-state index contributed by atoms with van der Waals surface area (Å²) in [7, 11) is 1.71. The molecule has 19 heavy (non-hydrogen) atoms. The third-order valence-corrected chi connectivity index (χ3v) is 3.53. The highest BCUT2D eigenvalue weighted by Crippen LogP contribution is 2.24. The lowest BCUT2D eigenvalue weighted by Crippen LogP contribution is -2.22. The molecule has 0 fully saturated rings. The third kappa shape index (κ3) is 3.19. The molecule has 0 bridgehead atoms. The summed E-state index contributed by atoms with van der Waals surface area (Å²) >= 11 is 1.19. The zero-order chi connectivity index (χ0) is 13.8. The van der Waals surface area contributed by atoms with Crippen molar-refractivity contribution in [3.63, 3.8) is 0 Å². The summed E-state index contributed by atoms with van der Waals surface area (Å²) in [6, 6.07) is 5.93. The average Bonchev–Trinajstić information content (AvgIpc) is 2.79. The van der Waals surface area contributed by atoms with Crippen LogP contribution < -0.4 is 16.4 Å². The third-order valence-electron chi connectivity index (χ3n) is 2.44. The first-order valence-electron chi connectivity index (χ1n) is 5.57. The van der Waals surface area contributed by atoms with E-state index in [4.69, 9.17) is 5.73 Å². The Morgan fingerprint density at radius 3 is 2.68 bits per heavy atom. The zero-order valence-corrected chi connectivity index (χ0v) is 11.1. The lowest BCUT2D eigenvalue weighted by Gasteiger charge is -2.03. The molecule has 0 spiro atoms. The van der Waals surface area contributed by atoms with Crippen LogP contribution in [0.25, 0.3) is 0 Å². The van der Waals surface area contributed by atoms with Gasteiger partial charge in [-0.15, -0.1) is 0 Å². The van der Waals surface area contributed by atoms with Crippen LogP contribution in [0.3, 0.4) is 0 Å². The van der Waals surface area contributed by atoms with Crippen molar-refractivity contribution in [2.45, 2.75) is 6.54 Å². The van der Waals surface area contributed by atoms with Gasteiger partial charge in [0.1, 0.15) is 16.5 Å². The number of carbonyl (C=O) groups is 1. The second-order valence-electron chi connectivity index (χ2n) is 3.79. The molecular formula is C12H13FN4OS. The molecule has 1 amide bonds. The van der Waals surface area contributed by atoms with Crippen LogP contribution in [0.15, 0.2) is 24.3 Å². The van der Waals surface area contributed by atoms with Gasteiger partial charge in [-0.3, -0.25) is 4.79 Å². The molecule has 0 aliphatic heterocycles. The molecule has 1 aromatic carbocycles. The molecule has 0 saturated heterocycles. The van der Waals surface area contributed by atoms with Gasteiger partial charge in [-0.2, -0.15) is 0 Å². The Balaban J connectivity index is 2.01. The van der Waals surface area contributed by atoms with Crippen molar-refractivity contribution >= 4 is 28.2 Å². The van der Waals surface area contributed by atoms with Crippen molar-refractivity contribution in [2.24, 2.45) is 0 Å². The van der Waals surface area contributed by atoms with E-state index in [1.165, 1.54) is 23.5 Å². The van der Waals surface area contributed by atoms with E-state index in [2.05, 4.69) is 15.6 Å². The molecule has 4 N–H and O–H groups in total. The molecule has 7 heteroatoms. The van der Waals surface area contributed by atoms with Gasteiger partial charge in [0.15, 0.2) is 5.13 Å². The number of hydrogen-bond acceptors (Lipinski definition) is 5. The van der Waals surface area contributed by atoms with Crippen LogP contribution in [0, 0.1) is 5.82 Å². The Kier molecular flexibility index (Phi) is 3.96. The van der Waals surface area contributed by atoms with Gasteiger partial charge in [0, 0.05) is 13.6 Å². The van der Waals surface area contributed by atoms with Crippen LogP contribution in [0.2, 0.25) is 0 Å². The Morgan fingerprint density at radius 2 is 2.11 bits per heavy atom. The minimum absolute atomic E-state index is 0.200. The van der Waals surface area contributed by atoms with E-state index < -0.39 is 0 Å². The number of rotatable bonds is 4. The molecule has 0 aliphatic carbocycles. The first-order valence-corrected chi connectivity index (χ1v) is 6.38. The summed E-state index contributed by atoms with van der Waals surface area (Å²) in [4.78, 5) is 16.3. The smallest absolute Gasteiger partial charge is 0.265 e. The monoisotopic (exact) mass is 280 g/mol. The number of nitrogens with two attached hydrogens (primary N) is 1. The topological polar surface area (TPSA) is 80.0 Å². The number of carbonyl (C=O) groups excluding carboxylic acids is 1. The van der Waals surface area contributed by atoms with Crippen molar-refractivity contribution in [3.05, 3.63) is 40.5 Å². The van der Waals surface area contributed by atoms with Gasteiger partial charge < -0.3 is 16.4 Å². The summed E-state index contributed by atoms with van der Waals surface area (Å²) in [5.74, 6) is -0.396. The van der Waals surface area contributed by atoms with E-state index in [0.29, 0.717) is 16.6 Å². The maximum atomic E-state index is 12.7. The molecule has 0 atom stereocenters. The molecule has 1 aromatic heterocycles. The van der Waals surface area contributed by atoms with E-state index >= 15 is 0 Å². The summed E-state index contributed by atoms with van der Waals surface area (Å²) < 4.78 is 12.7. The van der Waals surface area contributed by atoms with Crippen LogP contribution in [0.1, 0.15) is 15.2 Å². The summed E-state index contributed by atoms with van der Waals surface area (Å²) in [6.07, 6.45) is 0. The second kappa shape index (κ2) is 5.66. The van der Waals surface area contributed by atoms with Crippen molar-refractivity contribution in [2.75, 3.05) is 18.1 Å². The number of anilines is 2. The Morgan fingerprint density at radius 1 is 1.42 bits per heavy atom. The molecule has 2 rings (SSSR count). The highest BCUT2D eigenvalue weighted by atomic mass is 32.1. The average molecular weight is 280 g/mol. The van der Waals surface area contributed by atoms with Crippen molar-refractivity contribution in [1.29, 1.82) is 0 Å². The quantitative estimate of drug-likeness (QED) is 0.798. The van der Waals surface area contributed by atoms with E-state index in [1.54, 1.807) is 19.2 Å². The maximum absolute atomic E-state index is 12.7. The number of thiazole rings is 1. The SMILES string of the molecule is CNc1nc(N)c(C(=O)NCc2ccc(F)cc2)s1. The lowest BCUT2D eigenvalue weighted by molar-refractivity contribution is 0.0955. The van der Waals surface area contributed by atoms with E-state index in [0.717, 1.165) is 5.56 Å². The van der Waals surface area contributed by atoms with Gasteiger partial charge in [0.25, 0.3) is 5.91 Å². The molecule has 1 heterocycles. The Labute approximate surface area is 113 Å². The number of nitrogens with zero attached hydrogens (tertiary/aromatic N) is 1. The number of nitrogen functional groups attached to an aromatic ring is 1. The molecule has 0 unspecified atom stereocenters. The number of amides is 1. The van der Waals surface area contributed by atoms with E-state index in [-0.39, 0.29) is 17.5 Å². The molecule has 0 aliphatic rings. The van der Waals surface area contributed by atoms with E-state index in [9.17, 15) is 9.18 Å². The molecule has 5 nitrogen and oxygen atoms in total. The van der Waals surface area contributed by atoms with Gasteiger partial charge >= 0.3 is 0 Å². The second-order valence-corrected chi connectivity index (χ2v) is 4.79. The molecular weight excluding hydrogens is 267 g/mol. The Hall–Kier alpha value is -2.15. The molecule has 2 aromatic rings. The fourth-order valence-electron chi connectivity index (χ4n) is 1.47. The van der Waals surface area contributed by atoms with Crippen molar-refractivity contribution in [1.82, 2.24) is 10.3 Å². The summed E-state index contributed by atoms with van der Waals surface area (Å²) in [5.41, 5.74) is 6.47. The minimum Gasteiger partial charge on any atom is -0.382 e. The van der Waals surface area contributed by atoms with Crippen LogP contribution >= 0.6 is 11.3 Å². The predicted octanol–water partition coefficient (Wildman–Crippen LogP) is 1.84. The number of aromatic nitrogens is 1. The first-order chi connectivity index (χ1) is 9.10. The zero-order valence-electron chi connectivity index (χ0n) is 10.2. The van der Waals surface area contributed by atoms with Gasteiger partial charge in [-0.1, -0.05) is 23.5 Å². The van der Waals surface area contributed by atoms with Crippen molar-refractivity contribution < 1.29 is 9.18 Å². The van der Waals surface area contributed by atoms with E-state index in [1.807, 2.05) is 0 Å². The standard InChI is InChI=1S/C12H13FN4OS/c1-15-12-17-10(14)9(19-12)11(18)16-6-7-2-4-8(13)5-3-7/h2-5H,6,14H2,1H3,(H,15,17)(H,16,18). The number of nitrogens with one attached hydrogen (secondary N) is 2. The van der Waals surface area contributed by atoms with Gasteiger partial charge in [0.05, 0.1) is 0 Å². The largest absolute Gasteiger partial charge is 0.382 e. The normalized spacial score (nSPS) is 10.2. The predicted molar refractivity (Wildman–Crippen MR) is 73.6 cm³/mol. The highest BCUT2D eigenvalue weighted by molar-refractivity contribution is 7.18. The van der Waals surface area contributed by atoms with Gasteiger partial charge in [-0.05, 0) is 17.7 Å². The minimum atomic E-state index is -0.305. The lowest BCUT2D eigenvalue weighted by atomic mass is 10.2. The number of hydrogen-bond donors (Lipinski definition) is 3. The highest BCUT2D eigenvalue weighted by Gasteiger charge is 2.15. The number of benzene rings is 1. The van der Waals surface area contributed by atoms with Crippen LogP contribution in [0.5, 0.6) is 0 Å². The van der Waals surface area contributed by atoms with Crippen LogP contribution in [-0.2, 0) is 6.54 Å². The fraction of sp³-hybridized carbons (Fsp3) is 0.167. The maximum Gasteiger partial charge on any atom is 0.265 e. The van der Waals surface area contributed by atoms with Gasteiger partial charge in [-0.25, -0.2) is 9.37 Å². The first kappa shape index (κ1) is 13.3. The van der Waals surface area contributed by atoms with Crippen molar-refractivity contribution in [3.8, 4) is 0 Å². The Bertz CT molecular complexity index is 582. The van der Waals surface area contributed by atoms with Crippen LogP contribution in [-0.4, -0.2) is 17.9 Å². The molecule has 0 radical (unpaired) electrons. The van der Waals surface area contributed by atoms with Crippen LogP contribution in [0.4, 0.5) is 15.3 Å².